The zero-order chi connectivity index (χ0) is 21.5. The second-order valence-electron chi connectivity index (χ2n) is 6.43. The van der Waals surface area contributed by atoms with E-state index in [0.29, 0.717) is 16.7 Å². The fourth-order valence-corrected chi connectivity index (χ4v) is 2.86. The average Bonchev–Trinajstić information content (AvgIpc) is 2.79. The van der Waals surface area contributed by atoms with Gasteiger partial charge in [0.25, 0.3) is 5.69 Å². The zero-order valence-electron chi connectivity index (χ0n) is 15.9. The number of nitrogens with zero attached hydrogens (tertiary/aromatic N) is 1. The summed E-state index contributed by atoms with van der Waals surface area (Å²) < 4.78 is 0. The minimum Gasteiger partial charge on any atom is -0.366 e. The molecule has 0 atom stereocenters. The molecule has 0 radical (unpaired) electrons. The van der Waals surface area contributed by atoms with E-state index in [1.165, 1.54) is 18.2 Å². The molecular weight excluding hydrogens is 380 g/mol. The van der Waals surface area contributed by atoms with Crippen LogP contribution in [0.4, 0.5) is 5.69 Å². The van der Waals surface area contributed by atoms with Crippen LogP contribution in [0.5, 0.6) is 0 Å². The molecule has 0 heterocycles. The number of primary amides is 1. The lowest BCUT2D eigenvalue weighted by Crippen LogP contribution is -2.10. The molecule has 4 aromatic rings. The molecular formula is C24H18N2O4. The Morgan fingerprint density at radius 3 is 1.97 bits per heavy atom. The number of carbonyl (C=O) groups excluding carboxylic acids is 2. The summed E-state index contributed by atoms with van der Waals surface area (Å²) in [6.07, 6.45) is 0. The number of amides is 1. The Kier molecular flexibility index (Phi) is 6.29. The van der Waals surface area contributed by atoms with Gasteiger partial charge in [0.1, 0.15) is 0 Å². The van der Waals surface area contributed by atoms with Gasteiger partial charge in [-0.3, -0.25) is 19.7 Å². The molecule has 4 rings (SSSR count). The Morgan fingerprint density at radius 2 is 1.30 bits per heavy atom. The molecule has 4 aromatic carbocycles. The Bertz CT molecular complexity index is 1220. The van der Waals surface area contributed by atoms with Crippen molar-refractivity contribution in [2.75, 3.05) is 0 Å². The monoisotopic (exact) mass is 398 g/mol. The van der Waals surface area contributed by atoms with Crippen molar-refractivity contribution in [3.05, 3.63) is 124 Å². The molecule has 6 heteroatoms. The minimum atomic E-state index is -0.512. The molecule has 0 aliphatic rings. The predicted molar refractivity (Wildman–Crippen MR) is 115 cm³/mol. The Labute approximate surface area is 172 Å². The van der Waals surface area contributed by atoms with E-state index in [-0.39, 0.29) is 17.4 Å². The largest absolute Gasteiger partial charge is 0.366 e. The van der Waals surface area contributed by atoms with Crippen LogP contribution in [0, 0.1) is 10.1 Å². The van der Waals surface area contributed by atoms with E-state index in [1.54, 1.807) is 42.5 Å². The summed E-state index contributed by atoms with van der Waals surface area (Å²) in [6, 6.07) is 27.7. The third kappa shape index (κ3) is 4.94. The molecule has 0 bridgehead atoms. The van der Waals surface area contributed by atoms with Gasteiger partial charge in [0.15, 0.2) is 5.78 Å². The standard InChI is InChI=1S/C13H9NO3.C11H9NO/c15-13(10-5-2-1-3-6-10)11-7-4-8-12(9-11)14(16)17;12-11(13)10-6-5-8-3-1-2-4-9(8)7-10/h1-9H;1-7H,(H2,12,13). The van der Waals surface area contributed by atoms with Crippen LogP contribution in [0.1, 0.15) is 26.3 Å². The number of ketones is 1. The molecule has 0 saturated carbocycles. The molecule has 148 valence electrons. The van der Waals surface area contributed by atoms with E-state index >= 15 is 0 Å². The van der Waals surface area contributed by atoms with Crippen molar-refractivity contribution in [1.82, 2.24) is 0 Å². The highest BCUT2D eigenvalue weighted by Gasteiger charge is 2.12. The first-order valence-electron chi connectivity index (χ1n) is 9.08. The fourth-order valence-electron chi connectivity index (χ4n) is 2.86. The summed E-state index contributed by atoms with van der Waals surface area (Å²) in [4.78, 5) is 33.0. The summed E-state index contributed by atoms with van der Waals surface area (Å²) in [6.45, 7) is 0. The SMILES string of the molecule is NC(=O)c1ccc2ccccc2c1.O=C(c1ccccc1)c1cccc([N+](=O)[O-])c1. The van der Waals surface area contributed by atoms with Crippen molar-refractivity contribution in [2.45, 2.75) is 0 Å². The van der Waals surface area contributed by atoms with Crippen molar-refractivity contribution >= 4 is 28.2 Å². The minimum absolute atomic E-state index is 0.0771. The molecule has 2 N–H and O–H groups in total. The van der Waals surface area contributed by atoms with Crippen LogP contribution in [0.15, 0.2) is 97.1 Å². The third-order valence-corrected chi connectivity index (χ3v) is 4.39. The average molecular weight is 398 g/mol. The van der Waals surface area contributed by atoms with Crippen molar-refractivity contribution in [1.29, 1.82) is 0 Å². The first-order valence-corrected chi connectivity index (χ1v) is 9.08. The summed E-state index contributed by atoms with van der Waals surface area (Å²) in [5, 5.41) is 12.8. The Hall–Kier alpha value is -4.32. The van der Waals surface area contributed by atoms with E-state index in [0.717, 1.165) is 10.8 Å². The number of carbonyl (C=O) groups is 2. The van der Waals surface area contributed by atoms with Gasteiger partial charge in [-0.25, -0.2) is 0 Å². The van der Waals surface area contributed by atoms with Crippen LogP contribution >= 0.6 is 0 Å². The number of non-ortho nitro benzene ring substituents is 1. The molecule has 0 aromatic heterocycles. The van der Waals surface area contributed by atoms with Crippen molar-refractivity contribution in [3.63, 3.8) is 0 Å². The van der Waals surface area contributed by atoms with Gasteiger partial charge in [-0.1, -0.05) is 72.8 Å². The molecule has 6 nitrogen and oxygen atoms in total. The van der Waals surface area contributed by atoms with Crippen LogP contribution in [0.3, 0.4) is 0 Å². The van der Waals surface area contributed by atoms with Crippen LogP contribution < -0.4 is 5.73 Å². The summed E-state index contributed by atoms with van der Waals surface area (Å²) in [5.74, 6) is -0.597. The van der Waals surface area contributed by atoms with Crippen LogP contribution in [0.2, 0.25) is 0 Å². The number of rotatable bonds is 4. The number of hydrogen-bond acceptors (Lipinski definition) is 4. The van der Waals surface area contributed by atoms with Gasteiger partial charge >= 0.3 is 0 Å². The highest BCUT2D eigenvalue weighted by molar-refractivity contribution is 6.09. The molecule has 0 aliphatic carbocycles. The topological polar surface area (TPSA) is 103 Å². The number of benzene rings is 4. The molecule has 0 aliphatic heterocycles. The second kappa shape index (κ2) is 9.25. The maximum atomic E-state index is 12.0. The summed E-state index contributed by atoms with van der Waals surface area (Å²) in [5.41, 5.74) is 6.49. The quantitative estimate of drug-likeness (QED) is 0.304. The van der Waals surface area contributed by atoms with E-state index in [9.17, 15) is 19.7 Å². The first kappa shape index (κ1) is 20.4. The number of nitro groups is 1. The fraction of sp³-hybridized carbons (Fsp3) is 0. The lowest BCUT2D eigenvalue weighted by atomic mass is 10.0. The van der Waals surface area contributed by atoms with Gasteiger partial charge in [0, 0.05) is 28.8 Å². The molecule has 0 saturated heterocycles. The van der Waals surface area contributed by atoms with Gasteiger partial charge in [-0.15, -0.1) is 0 Å². The van der Waals surface area contributed by atoms with Crippen molar-refractivity contribution < 1.29 is 14.5 Å². The summed E-state index contributed by atoms with van der Waals surface area (Å²) >= 11 is 0. The van der Waals surface area contributed by atoms with E-state index < -0.39 is 4.92 Å². The lowest BCUT2D eigenvalue weighted by Gasteiger charge is -2.00. The normalized spacial score (nSPS) is 10.0. The zero-order valence-corrected chi connectivity index (χ0v) is 15.9. The van der Waals surface area contributed by atoms with Gasteiger partial charge in [-0.2, -0.15) is 0 Å². The van der Waals surface area contributed by atoms with Gasteiger partial charge in [0.05, 0.1) is 4.92 Å². The smallest absolute Gasteiger partial charge is 0.270 e. The highest BCUT2D eigenvalue weighted by atomic mass is 16.6. The molecule has 1 amide bonds. The number of hydrogen-bond donors (Lipinski definition) is 1. The highest BCUT2D eigenvalue weighted by Crippen LogP contribution is 2.17. The van der Waals surface area contributed by atoms with Gasteiger partial charge in [-0.05, 0) is 22.9 Å². The summed E-state index contributed by atoms with van der Waals surface area (Å²) in [7, 11) is 0. The third-order valence-electron chi connectivity index (χ3n) is 4.39. The van der Waals surface area contributed by atoms with Crippen molar-refractivity contribution in [3.8, 4) is 0 Å². The maximum absolute atomic E-state index is 12.0. The van der Waals surface area contributed by atoms with Gasteiger partial charge < -0.3 is 5.73 Å². The van der Waals surface area contributed by atoms with Gasteiger partial charge in [0.2, 0.25) is 5.91 Å². The van der Waals surface area contributed by atoms with Crippen LogP contribution in [-0.4, -0.2) is 16.6 Å². The van der Waals surface area contributed by atoms with E-state index in [4.69, 9.17) is 5.73 Å². The van der Waals surface area contributed by atoms with Crippen molar-refractivity contribution in [2.24, 2.45) is 5.73 Å². The van der Waals surface area contributed by atoms with E-state index in [2.05, 4.69) is 0 Å². The second-order valence-corrected chi connectivity index (χ2v) is 6.43. The first-order chi connectivity index (χ1) is 14.5. The van der Waals surface area contributed by atoms with Crippen LogP contribution in [-0.2, 0) is 0 Å². The number of nitrogens with two attached hydrogens (primary N) is 1. The molecule has 0 fully saturated rings. The molecule has 0 spiro atoms. The molecule has 0 unspecified atom stereocenters. The molecule has 30 heavy (non-hydrogen) atoms. The van der Waals surface area contributed by atoms with E-state index in [1.807, 2.05) is 36.4 Å². The van der Waals surface area contributed by atoms with Crippen LogP contribution in [0.25, 0.3) is 10.8 Å². The predicted octanol–water partition coefficient (Wildman–Crippen LogP) is 4.76. The Morgan fingerprint density at radius 1 is 0.667 bits per heavy atom. The maximum Gasteiger partial charge on any atom is 0.270 e. The number of nitro benzene ring substituents is 1. The Balaban J connectivity index is 0.000000177. The lowest BCUT2D eigenvalue weighted by molar-refractivity contribution is -0.384. The number of fused-ring (bicyclic) bond motifs is 1.